The molecule has 0 atom stereocenters. The number of carbonyl (C=O) groups is 3. The molecular formula is C9H18N6O6. The van der Waals surface area contributed by atoms with E-state index < -0.39 is 17.9 Å². The van der Waals surface area contributed by atoms with Crippen LogP contribution in [0.1, 0.15) is 20.8 Å². The molecule has 0 spiro atoms. The topological polar surface area (TPSA) is 229 Å². The van der Waals surface area contributed by atoms with Gasteiger partial charge in [0.15, 0.2) is 0 Å². The highest BCUT2D eigenvalue weighted by molar-refractivity contribution is 5.63. The largest absolute Gasteiger partial charge is 0.481 e. The molecule has 0 radical (unpaired) electrons. The molecule has 0 aliphatic carbocycles. The molecule has 0 bridgehead atoms. The van der Waals surface area contributed by atoms with Crippen LogP contribution in [0.5, 0.6) is 0 Å². The average molecular weight is 306 g/mol. The Morgan fingerprint density at radius 1 is 0.667 bits per heavy atom. The standard InChI is InChI=1S/C3H6N6.3C2H4O2/c4-1-7-2(5)9-3(6)8-1;3*1-2(3)4/h(H6,4,5,6,7,8,9);3*1H3,(H,3,4). The average Bonchev–Trinajstić information content (AvgIpc) is 2.10. The third kappa shape index (κ3) is 47.5. The zero-order valence-electron chi connectivity index (χ0n) is 11.6. The first-order chi connectivity index (χ1) is 9.38. The summed E-state index contributed by atoms with van der Waals surface area (Å²) in [6.45, 7) is 3.25. The van der Waals surface area contributed by atoms with Crippen LogP contribution in [0.3, 0.4) is 0 Å². The van der Waals surface area contributed by atoms with Crippen molar-refractivity contribution in [2.45, 2.75) is 20.8 Å². The number of aliphatic carboxylic acids is 3. The number of hydrogen-bond donors (Lipinski definition) is 6. The second-order valence-electron chi connectivity index (χ2n) is 2.97. The Labute approximate surface area is 119 Å². The molecule has 1 aromatic rings. The SMILES string of the molecule is CC(=O)O.CC(=O)O.CC(=O)O.Nc1nc(N)nc(N)n1. The van der Waals surface area contributed by atoms with Crippen molar-refractivity contribution < 1.29 is 29.7 Å². The fourth-order valence-corrected chi connectivity index (χ4v) is 0.427. The van der Waals surface area contributed by atoms with Crippen molar-refractivity contribution >= 4 is 35.8 Å². The van der Waals surface area contributed by atoms with Crippen molar-refractivity contribution in [1.29, 1.82) is 0 Å². The summed E-state index contributed by atoms with van der Waals surface area (Å²) in [5, 5.41) is 22.2. The zero-order chi connectivity index (χ0) is 17.6. The summed E-state index contributed by atoms with van der Waals surface area (Å²) in [7, 11) is 0. The van der Waals surface area contributed by atoms with E-state index in [4.69, 9.17) is 46.9 Å². The summed E-state index contributed by atoms with van der Waals surface area (Å²) in [5.41, 5.74) is 15.4. The highest BCUT2D eigenvalue weighted by Gasteiger charge is 1.93. The number of nitrogen functional groups attached to an aromatic ring is 3. The second-order valence-corrected chi connectivity index (χ2v) is 2.97. The fraction of sp³-hybridized carbons (Fsp3) is 0.333. The molecule has 0 saturated heterocycles. The van der Waals surface area contributed by atoms with E-state index in [2.05, 4.69) is 15.0 Å². The lowest BCUT2D eigenvalue weighted by molar-refractivity contribution is -0.135. The lowest BCUT2D eigenvalue weighted by atomic mass is 10.9. The second kappa shape index (κ2) is 13.3. The van der Waals surface area contributed by atoms with Gasteiger partial charge in [0.2, 0.25) is 17.8 Å². The van der Waals surface area contributed by atoms with Crippen molar-refractivity contribution in [2.24, 2.45) is 0 Å². The number of aromatic nitrogens is 3. The Morgan fingerprint density at radius 3 is 0.857 bits per heavy atom. The van der Waals surface area contributed by atoms with E-state index in [1.54, 1.807) is 0 Å². The van der Waals surface area contributed by atoms with Crippen LogP contribution in [0.4, 0.5) is 17.8 Å². The molecule has 0 saturated carbocycles. The van der Waals surface area contributed by atoms with Gasteiger partial charge in [0.05, 0.1) is 0 Å². The first-order valence-electron chi connectivity index (χ1n) is 4.99. The van der Waals surface area contributed by atoms with E-state index in [9.17, 15) is 0 Å². The summed E-state index contributed by atoms with van der Waals surface area (Å²) in [5.74, 6) is -2.37. The quantitative estimate of drug-likeness (QED) is 0.335. The van der Waals surface area contributed by atoms with Gasteiger partial charge in [-0.1, -0.05) is 0 Å². The maximum Gasteiger partial charge on any atom is 0.300 e. The molecular weight excluding hydrogens is 288 g/mol. The minimum atomic E-state index is -0.833. The van der Waals surface area contributed by atoms with Gasteiger partial charge in [0.1, 0.15) is 0 Å². The monoisotopic (exact) mass is 306 g/mol. The molecule has 1 aromatic heterocycles. The maximum atomic E-state index is 9.00. The van der Waals surface area contributed by atoms with E-state index in [0.717, 1.165) is 20.8 Å². The van der Waals surface area contributed by atoms with Crippen LogP contribution in [0.15, 0.2) is 0 Å². The third-order valence-electron chi connectivity index (χ3n) is 0.687. The minimum Gasteiger partial charge on any atom is -0.481 e. The Balaban J connectivity index is -0.000000230. The first kappa shape index (κ1) is 23.0. The van der Waals surface area contributed by atoms with E-state index in [1.807, 2.05) is 0 Å². The molecule has 120 valence electrons. The Morgan fingerprint density at radius 2 is 0.762 bits per heavy atom. The van der Waals surface area contributed by atoms with Crippen molar-refractivity contribution in [3.05, 3.63) is 0 Å². The van der Waals surface area contributed by atoms with Crippen molar-refractivity contribution in [2.75, 3.05) is 17.2 Å². The van der Waals surface area contributed by atoms with E-state index in [0.29, 0.717) is 0 Å². The number of nitrogens with zero attached hydrogens (tertiary/aromatic N) is 3. The van der Waals surface area contributed by atoms with Crippen LogP contribution in [-0.4, -0.2) is 48.2 Å². The minimum absolute atomic E-state index is 0.0417. The predicted molar refractivity (Wildman–Crippen MR) is 73.0 cm³/mol. The number of carboxylic acids is 3. The number of nitrogens with two attached hydrogens (primary N) is 3. The van der Waals surface area contributed by atoms with Gasteiger partial charge in [0, 0.05) is 20.8 Å². The summed E-state index contributed by atoms with van der Waals surface area (Å²) in [4.78, 5) is 37.5. The van der Waals surface area contributed by atoms with Crippen LogP contribution in [0.2, 0.25) is 0 Å². The van der Waals surface area contributed by atoms with Crippen molar-refractivity contribution in [3.63, 3.8) is 0 Å². The van der Waals surface area contributed by atoms with E-state index in [-0.39, 0.29) is 17.8 Å². The lowest BCUT2D eigenvalue weighted by Gasteiger charge is -1.93. The van der Waals surface area contributed by atoms with Gasteiger partial charge < -0.3 is 32.5 Å². The first-order valence-corrected chi connectivity index (χ1v) is 4.99. The molecule has 0 fully saturated rings. The third-order valence-corrected chi connectivity index (χ3v) is 0.687. The summed E-state index contributed by atoms with van der Waals surface area (Å²) < 4.78 is 0. The Kier molecular flexibility index (Phi) is 14.5. The van der Waals surface area contributed by atoms with Gasteiger partial charge in [-0.2, -0.15) is 15.0 Å². The van der Waals surface area contributed by atoms with Gasteiger partial charge in [0.25, 0.3) is 17.9 Å². The van der Waals surface area contributed by atoms with Crippen molar-refractivity contribution in [1.82, 2.24) is 15.0 Å². The molecule has 0 amide bonds. The molecule has 12 heteroatoms. The molecule has 0 aromatic carbocycles. The lowest BCUT2D eigenvalue weighted by Crippen LogP contribution is -2.05. The van der Waals surface area contributed by atoms with Gasteiger partial charge >= 0.3 is 0 Å². The molecule has 0 aliphatic rings. The Bertz CT molecular complexity index is 375. The molecule has 1 rings (SSSR count). The van der Waals surface area contributed by atoms with Crippen LogP contribution in [-0.2, 0) is 14.4 Å². The molecule has 1 heterocycles. The van der Waals surface area contributed by atoms with Gasteiger partial charge in [-0.05, 0) is 0 Å². The smallest absolute Gasteiger partial charge is 0.300 e. The maximum absolute atomic E-state index is 9.00. The molecule has 0 unspecified atom stereocenters. The number of anilines is 3. The van der Waals surface area contributed by atoms with Gasteiger partial charge in [-0.25, -0.2) is 0 Å². The summed E-state index contributed by atoms with van der Waals surface area (Å²) in [6, 6.07) is 0. The normalized spacial score (nSPS) is 7.57. The molecule has 12 nitrogen and oxygen atoms in total. The molecule has 0 aliphatic heterocycles. The number of rotatable bonds is 0. The van der Waals surface area contributed by atoms with Crippen LogP contribution < -0.4 is 17.2 Å². The van der Waals surface area contributed by atoms with E-state index in [1.165, 1.54) is 0 Å². The Hall–Kier alpha value is -3.18. The number of carboxylic acid groups (broad SMARTS) is 3. The summed E-state index contributed by atoms with van der Waals surface area (Å²) in [6.07, 6.45) is 0. The van der Waals surface area contributed by atoms with Crippen LogP contribution >= 0.6 is 0 Å². The summed E-state index contributed by atoms with van der Waals surface area (Å²) >= 11 is 0. The van der Waals surface area contributed by atoms with Crippen LogP contribution in [0, 0.1) is 0 Å². The molecule has 9 N–H and O–H groups in total. The number of hydrogen-bond acceptors (Lipinski definition) is 9. The highest BCUT2D eigenvalue weighted by atomic mass is 16.4. The van der Waals surface area contributed by atoms with E-state index >= 15 is 0 Å². The highest BCUT2D eigenvalue weighted by Crippen LogP contribution is 1.97. The zero-order valence-corrected chi connectivity index (χ0v) is 11.6. The predicted octanol–water partition coefficient (Wildman–Crippen LogP) is -1.11. The molecule has 21 heavy (non-hydrogen) atoms. The van der Waals surface area contributed by atoms with Gasteiger partial charge in [-0.15, -0.1) is 0 Å². The van der Waals surface area contributed by atoms with Crippen LogP contribution in [0.25, 0.3) is 0 Å². The van der Waals surface area contributed by atoms with Crippen molar-refractivity contribution in [3.8, 4) is 0 Å². The van der Waals surface area contributed by atoms with Gasteiger partial charge in [-0.3, -0.25) is 14.4 Å². The fourth-order valence-electron chi connectivity index (χ4n) is 0.427.